The normalized spacial score (nSPS) is 18.6. The molecule has 4 nitrogen and oxygen atoms in total. The minimum atomic E-state index is -0.381. The number of piperazine rings is 1. The quantitative estimate of drug-likeness (QED) is 0.828. The maximum absolute atomic E-state index is 11.7. The molecule has 1 fully saturated rings. The average molecular weight is 239 g/mol. The number of anilines is 1. The van der Waals surface area contributed by atoms with E-state index in [1.165, 1.54) is 5.00 Å². The van der Waals surface area contributed by atoms with Crippen molar-refractivity contribution in [2.75, 3.05) is 31.1 Å². The molecule has 0 radical (unpaired) electrons. The van der Waals surface area contributed by atoms with Gasteiger partial charge in [0.1, 0.15) is 0 Å². The molecule has 88 valence electrons. The molecule has 1 aliphatic heterocycles. The molecule has 1 aromatic heterocycles. The van der Waals surface area contributed by atoms with Crippen molar-refractivity contribution in [2.45, 2.75) is 13.0 Å². The van der Waals surface area contributed by atoms with Gasteiger partial charge in [-0.05, 0) is 24.4 Å². The van der Waals surface area contributed by atoms with Crippen LogP contribution in [-0.2, 0) is 4.79 Å². The number of carbonyl (C=O) groups excluding carboxylic acids is 1. The highest BCUT2D eigenvalue weighted by Gasteiger charge is 2.23. The first kappa shape index (κ1) is 11.4. The number of nitrogens with two attached hydrogens (primary N) is 1. The molecule has 0 spiro atoms. The van der Waals surface area contributed by atoms with Crippen LogP contribution in [-0.4, -0.2) is 43.0 Å². The summed E-state index contributed by atoms with van der Waals surface area (Å²) in [4.78, 5) is 15.8. The van der Waals surface area contributed by atoms with E-state index in [-0.39, 0.29) is 11.9 Å². The van der Waals surface area contributed by atoms with Crippen LogP contribution in [0, 0.1) is 0 Å². The number of thiophene rings is 1. The second-order valence-corrected chi connectivity index (χ2v) is 4.98. The Balaban J connectivity index is 1.90. The third-order valence-corrected chi connectivity index (χ3v) is 3.73. The highest BCUT2D eigenvalue weighted by Crippen LogP contribution is 2.22. The minimum absolute atomic E-state index is 0.0610. The largest absolute Gasteiger partial charge is 0.360 e. The fourth-order valence-electron chi connectivity index (χ4n) is 1.89. The zero-order valence-corrected chi connectivity index (χ0v) is 10.2. The van der Waals surface area contributed by atoms with E-state index in [9.17, 15) is 4.79 Å². The minimum Gasteiger partial charge on any atom is -0.360 e. The first-order valence-corrected chi connectivity index (χ1v) is 6.39. The number of rotatable bonds is 2. The molecule has 0 aromatic carbocycles. The Hall–Kier alpha value is -1.07. The van der Waals surface area contributed by atoms with Crippen LogP contribution >= 0.6 is 11.3 Å². The Morgan fingerprint density at radius 3 is 2.62 bits per heavy atom. The molecule has 1 aromatic rings. The van der Waals surface area contributed by atoms with Crippen molar-refractivity contribution in [1.29, 1.82) is 0 Å². The summed E-state index contributed by atoms with van der Waals surface area (Å²) in [5.74, 6) is 0.0610. The smallest absolute Gasteiger partial charge is 0.239 e. The van der Waals surface area contributed by atoms with Crippen molar-refractivity contribution in [3.63, 3.8) is 0 Å². The van der Waals surface area contributed by atoms with Crippen LogP contribution in [0.2, 0.25) is 0 Å². The van der Waals surface area contributed by atoms with Gasteiger partial charge in [0, 0.05) is 26.2 Å². The lowest BCUT2D eigenvalue weighted by molar-refractivity contribution is -0.132. The fourth-order valence-corrected chi connectivity index (χ4v) is 2.67. The number of amides is 1. The first-order chi connectivity index (χ1) is 7.68. The zero-order valence-electron chi connectivity index (χ0n) is 9.43. The van der Waals surface area contributed by atoms with Gasteiger partial charge >= 0.3 is 0 Å². The average Bonchev–Trinajstić information content (AvgIpc) is 2.81. The molecule has 1 atom stereocenters. The van der Waals surface area contributed by atoms with E-state index < -0.39 is 0 Å². The number of carbonyl (C=O) groups is 1. The maximum Gasteiger partial charge on any atom is 0.239 e. The van der Waals surface area contributed by atoms with E-state index in [1.54, 1.807) is 18.3 Å². The first-order valence-electron chi connectivity index (χ1n) is 5.51. The topological polar surface area (TPSA) is 49.6 Å². The van der Waals surface area contributed by atoms with Gasteiger partial charge in [-0.2, -0.15) is 0 Å². The number of hydrogen-bond acceptors (Lipinski definition) is 4. The van der Waals surface area contributed by atoms with Crippen LogP contribution in [0.25, 0.3) is 0 Å². The van der Waals surface area contributed by atoms with Gasteiger partial charge in [-0.15, -0.1) is 11.3 Å². The summed E-state index contributed by atoms with van der Waals surface area (Å²) in [6.45, 7) is 5.10. The lowest BCUT2D eigenvalue weighted by atomic mass is 10.2. The Morgan fingerprint density at radius 2 is 2.12 bits per heavy atom. The molecule has 2 rings (SSSR count). The van der Waals surface area contributed by atoms with Crippen LogP contribution in [0.4, 0.5) is 5.00 Å². The van der Waals surface area contributed by atoms with Gasteiger partial charge in [-0.3, -0.25) is 4.79 Å². The van der Waals surface area contributed by atoms with E-state index in [4.69, 9.17) is 5.73 Å². The molecule has 1 amide bonds. The van der Waals surface area contributed by atoms with Gasteiger partial charge < -0.3 is 15.5 Å². The van der Waals surface area contributed by atoms with Gasteiger partial charge in [0.25, 0.3) is 0 Å². The second kappa shape index (κ2) is 4.84. The summed E-state index contributed by atoms with van der Waals surface area (Å²) in [7, 11) is 0. The maximum atomic E-state index is 11.7. The van der Waals surface area contributed by atoms with Crippen LogP contribution in [0.15, 0.2) is 17.5 Å². The highest BCUT2D eigenvalue weighted by molar-refractivity contribution is 7.14. The van der Waals surface area contributed by atoms with Crippen molar-refractivity contribution < 1.29 is 4.79 Å². The summed E-state index contributed by atoms with van der Waals surface area (Å²) in [5.41, 5.74) is 5.59. The second-order valence-electron chi connectivity index (χ2n) is 4.05. The summed E-state index contributed by atoms with van der Waals surface area (Å²) in [5, 5.41) is 3.36. The van der Waals surface area contributed by atoms with Crippen molar-refractivity contribution in [2.24, 2.45) is 5.73 Å². The summed E-state index contributed by atoms with van der Waals surface area (Å²) in [6, 6.07) is 3.79. The third kappa shape index (κ3) is 2.36. The highest BCUT2D eigenvalue weighted by atomic mass is 32.1. The van der Waals surface area contributed by atoms with Gasteiger partial charge in [0.2, 0.25) is 5.91 Å². The Morgan fingerprint density at radius 1 is 1.44 bits per heavy atom. The molecule has 1 aliphatic rings. The molecular weight excluding hydrogens is 222 g/mol. The van der Waals surface area contributed by atoms with E-state index >= 15 is 0 Å². The molecule has 0 aliphatic carbocycles. The zero-order chi connectivity index (χ0) is 11.5. The molecular formula is C11H17N3OS. The Kier molecular flexibility index (Phi) is 3.46. The Labute approximate surface area is 99.6 Å². The van der Waals surface area contributed by atoms with Gasteiger partial charge in [-0.1, -0.05) is 0 Å². The summed E-state index contributed by atoms with van der Waals surface area (Å²) >= 11 is 1.74. The number of hydrogen-bond donors (Lipinski definition) is 1. The molecule has 0 saturated carbocycles. The SMILES string of the molecule is CC(N)C(=O)N1CCN(c2cccs2)CC1. The van der Waals surface area contributed by atoms with E-state index in [2.05, 4.69) is 22.4 Å². The van der Waals surface area contributed by atoms with Crippen molar-refractivity contribution in [3.8, 4) is 0 Å². The molecule has 16 heavy (non-hydrogen) atoms. The Bertz CT molecular complexity index is 342. The molecule has 1 saturated heterocycles. The van der Waals surface area contributed by atoms with Crippen LogP contribution in [0.5, 0.6) is 0 Å². The molecule has 2 heterocycles. The van der Waals surface area contributed by atoms with Gasteiger partial charge in [0.05, 0.1) is 11.0 Å². The monoisotopic (exact) mass is 239 g/mol. The predicted octanol–water partition coefficient (Wildman–Crippen LogP) is 0.744. The lowest BCUT2D eigenvalue weighted by Crippen LogP contribution is -2.52. The van der Waals surface area contributed by atoms with Crippen LogP contribution in [0.3, 0.4) is 0 Å². The van der Waals surface area contributed by atoms with Gasteiger partial charge in [0.15, 0.2) is 0 Å². The lowest BCUT2D eigenvalue weighted by Gasteiger charge is -2.36. The molecule has 0 bridgehead atoms. The fraction of sp³-hybridized carbons (Fsp3) is 0.545. The van der Waals surface area contributed by atoms with Crippen molar-refractivity contribution in [1.82, 2.24) is 4.90 Å². The summed E-state index contributed by atoms with van der Waals surface area (Å²) in [6.07, 6.45) is 0. The van der Waals surface area contributed by atoms with Gasteiger partial charge in [-0.25, -0.2) is 0 Å². The third-order valence-electron chi connectivity index (χ3n) is 2.80. The van der Waals surface area contributed by atoms with E-state index in [0.717, 1.165) is 26.2 Å². The van der Waals surface area contributed by atoms with Crippen LogP contribution < -0.4 is 10.6 Å². The van der Waals surface area contributed by atoms with E-state index in [1.807, 2.05) is 4.90 Å². The predicted molar refractivity (Wildman–Crippen MR) is 66.8 cm³/mol. The molecule has 1 unspecified atom stereocenters. The van der Waals surface area contributed by atoms with Crippen molar-refractivity contribution in [3.05, 3.63) is 17.5 Å². The van der Waals surface area contributed by atoms with Crippen LogP contribution in [0.1, 0.15) is 6.92 Å². The summed E-state index contributed by atoms with van der Waals surface area (Å²) < 4.78 is 0. The van der Waals surface area contributed by atoms with E-state index in [0.29, 0.717) is 0 Å². The molecule has 2 N–H and O–H groups in total. The standard InChI is InChI=1S/C11H17N3OS/c1-9(12)11(15)14-6-4-13(5-7-14)10-3-2-8-16-10/h2-3,8-9H,4-7,12H2,1H3. The number of nitrogens with zero attached hydrogens (tertiary/aromatic N) is 2. The van der Waals surface area contributed by atoms with Crippen molar-refractivity contribution >= 4 is 22.2 Å². The molecule has 5 heteroatoms.